The van der Waals surface area contributed by atoms with Crippen LogP contribution in [0.3, 0.4) is 0 Å². The van der Waals surface area contributed by atoms with E-state index in [1.54, 1.807) is 0 Å². The molecule has 0 radical (unpaired) electrons. The third kappa shape index (κ3) is 1.37. The Hall–Kier alpha value is -0.660. The Kier molecular flexibility index (Phi) is 1.98. The molecule has 0 saturated heterocycles. The van der Waals surface area contributed by atoms with Gasteiger partial charge in [-0.15, -0.1) is 0 Å². The fraction of sp³-hybridized carbons (Fsp3) is 0.714. The summed E-state index contributed by atoms with van der Waals surface area (Å²) >= 11 is 0. The van der Waals surface area contributed by atoms with E-state index in [-0.39, 0.29) is 0 Å². The van der Waals surface area contributed by atoms with E-state index in [4.69, 9.17) is 0 Å². The zero-order valence-electron chi connectivity index (χ0n) is 6.15. The molecule has 0 aromatic heterocycles. The zero-order chi connectivity index (χ0) is 6.69. The summed E-state index contributed by atoms with van der Waals surface area (Å²) in [6.07, 6.45) is 3.29. The van der Waals surface area contributed by atoms with Crippen molar-refractivity contribution in [3.8, 4) is 0 Å². The maximum absolute atomic E-state index is 3.17. The fourth-order valence-corrected chi connectivity index (χ4v) is 1.04. The standard InChI is InChI=1S/C7H14N2/c1-3-4-9-6-8-5-7(9)2/h5,8H,3-4,6H2,1-2H3. The summed E-state index contributed by atoms with van der Waals surface area (Å²) in [7, 11) is 0. The van der Waals surface area contributed by atoms with Crippen LogP contribution in [-0.4, -0.2) is 18.1 Å². The van der Waals surface area contributed by atoms with Crippen LogP contribution in [0.25, 0.3) is 0 Å². The van der Waals surface area contributed by atoms with Crippen molar-refractivity contribution >= 4 is 0 Å². The van der Waals surface area contributed by atoms with Gasteiger partial charge < -0.3 is 10.2 Å². The third-order valence-electron chi connectivity index (χ3n) is 1.59. The van der Waals surface area contributed by atoms with Gasteiger partial charge in [0.05, 0.1) is 6.67 Å². The summed E-state index contributed by atoms with van der Waals surface area (Å²) in [4.78, 5) is 2.33. The Morgan fingerprint density at radius 1 is 1.78 bits per heavy atom. The normalized spacial score (nSPS) is 17.6. The molecule has 0 aromatic carbocycles. The summed E-state index contributed by atoms with van der Waals surface area (Å²) in [6, 6.07) is 0. The molecule has 52 valence electrons. The van der Waals surface area contributed by atoms with Crippen LogP contribution >= 0.6 is 0 Å². The van der Waals surface area contributed by atoms with Crippen molar-refractivity contribution < 1.29 is 0 Å². The highest BCUT2D eigenvalue weighted by Gasteiger charge is 2.06. The summed E-state index contributed by atoms with van der Waals surface area (Å²) in [5, 5.41) is 3.17. The topological polar surface area (TPSA) is 15.3 Å². The molecule has 1 rings (SSSR count). The quantitative estimate of drug-likeness (QED) is 0.596. The lowest BCUT2D eigenvalue weighted by Crippen LogP contribution is -2.23. The Labute approximate surface area is 56.5 Å². The second-order valence-electron chi connectivity index (χ2n) is 2.41. The minimum absolute atomic E-state index is 1.000. The number of nitrogens with one attached hydrogen (secondary N) is 1. The third-order valence-corrected chi connectivity index (χ3v) is 1.59. The van der Waals surface area contributed by atoms with Crippen LogP contribution in [-0.2, 0) is 0 Å². The number of hydrogen-bond acceptors (Lipinski definition) is 2. The largest absolute Gasteiger partial charge is 0.372 e. The lowest BCUT2D eigenvalue weighted by atomic mass is 10.4. The Morgan fingerprint density at radius 2 is 2.56 bits per heavy atom. The van der Waals surface area contributed by atoms with Crippen molar-refractivity contribution in [1.29, 1.82) is 0 Å². The Bertz CT molecular complexity index is 118. The second kappa shape index (κ2) is 2.76. The molecule has 0 fully saturated rings. The second-order valence-corrected chi connectivity index (χ2v) is 2.41. The zero-order valence-corrected chi connectivity index (χ0v) is 6.15. The fourth-order valence-electron chi connectivity index (χ4n) is 1.04. The van der Waals surface area contributed by atoms with Gasteiger partial charge in [-0.05, 0) is 13.3 Å². The number of allylic oxidation sites excluding steroid dienone is 1. The van der Waals surface area contributed by atoms with Gasteiger partial charge in [0.25, 0.3) is 0 Å². The van der Waals surface area contributed by atoms with Gasteiger partial charge in [0.1, 0.15) is 0 Å². The molecule has 2 heteroatoms. The molecule has 0 spiro atoms. The molecule has 0 amide bonds. The van der Waals surface area contributed by atoms with E-state index in [1.807, 2.05) is 0 Å². The predicted octanol–water partition coefficient (Wildman–Crippen LogP) is 1.12. The summed E-state index contributed by atoms with van der Waals surface area (Å²) in [5.41, 5.74) is 1.36. The van der Waals surface area contributed by atoms with E-state index in [0.29, 0.717) is 0 Å². The van der Waals surface area contributed by atoms with Crippen molar-refractivity contribution in [2.75, 3.05) is 13.2 Å². The first-order chi connectivity index (χ1) is 4.34. The summed E-state index contributed by atoms with van der Waals surface area (Å²) < 4.78 is 0. The van der Waals surface area contributed by atoms with Crippen molar-refractivity contribution in [1.82, 2.24) is 10.2 Å². The minimum atomic E-state index is 1.000. The van der Waals surface area contributed by atoms with Crippen molar-refractivity contribution in [2.24, 2.45) is 0 Å². The van der Waals surface area contributed by atoms with Gasteiger partial charge in [-0.25, -0.2) is 0 Å². The Balaban J connectivity index is 2.34. The van der Waals surface area contributed by atoms with Crippen LogP contribution in [0.5, 0.6) is 0 Å². The average Bonchev–Trinajstić information content (AvgIpc) is 2.18. The molecule has 0 aromatic rings. The first-order valence-corrected chi connectivity index (χ1v) is 3.49. The molecule has 1 aliphatic rings. The van der Waals surface area contributed by atoms with Crippen LogP contribution in [0, 0.1) is 0 Å². The lowest BCUT2D eigenvalue weighted by molar-refractivity contribution is 0.364. The van der Waals surface area contributed by atoms with Crippen molar-refractivity contribution in [3.05, 3.63) is 11.9 Å². The van der Waals surface area contributed by atoms with E-state index in [2.05, 4.69) is 30.3 Å². The molecule has 1 heterocycles. The highest BCUT2D eigenvalue weighted by atomic mass is 15.3. The Morgan fingerprint density at radius 3 is 3.00 bits per heavy atom. The highest BCUT2D eigenvalue weighted by Crippen LogP contribution is 2.05. The smallest absolute Gasteiger partial charge is 0.0869 e. The van der Waals surface area contributed by atoms with Gasteiger partial charge in [0, 0.05) is 18.4 Å². The molecule has 1 N–H and O–H groups in total. The van der Waals surface area contributed by atoms with E-state index in [9.17, 15) is 0 Å². The number of hydrogen-bond donors (Lipinski definition) is 1. The maximum Gasteiger partial charge on any atom is 0.0869 e. The van der Waals surface area contributed by atoms with Gasteiger partial charge in [-0.2, -0.15) is 0 Å². The van der Waals surface area contributed by atoms with E-state index < -0.39 is 0 Å². The number of rotatable bonds is 2. The summed E-state index contributed by atoms with van der Waals surface area (Å²) in [5.74, 6) is 0. The van der Waals surface area contributed by atoms with Gasteiger partial charge >= 0.3 is 0 Å². The molecular formula is C7H14N2. The average molecular weight is 126 g/mol. The minimum Gasteiger partial charge on any atom is -0.372 e. The van der Waals surface area contributed by atoms with Gasteiger partial charge in [-0.1, -0.05) is 6.92 Å². The van der Waals surface area contributed by atoms with E-state index in [0.717, 1.165) is 6.67 Å². The molecule has 0 unspecified atom stereocenters. The van der Waals surface area contributed by atoms with E-state index in [1.165, 1.54) is 18.7 Å². The molecule has 0 bridgehead atoms. The van der Waals surface area contributed by atoms with E-state index >= 15 is 0 Å². The molecule has 2 nitrogen and oxygen atoms in total. The molecule has 9 heavy (non-hydrogen) atoms. The van der Waals surface area contributed by atoms with Crippen molar-refractivity contribution in [2.45, 2.75) is 20.3 Å². The van der Waals surface area contributed by atoms with Crippen LogP contribution in [0.1, 0.15) is 20.3 Å². The summed E-state index contributed by atoms with van der Waals surface area (Å²) in [6.45, 7) is 6.51. The first kappa shape index (κ1) is 6.46. The van der Waals surface area contributed by atoms with Crippen LogP contribution < -0.4 is 5.32 Å². The highest BCUT2D eigenvalue weighted by molar-refractivity contribution is 5.00. The van der Waals surface area contributed by atoms with Crippen LogP contribution in [0.4, 0.5) is 0 Å². The van der Waals surface area contributed by atoms with Gasteiger partial charge in [-0.3, -0.25) is 0 Å². The molecular weight excluding hydrogens is 112 g/mol. The predicted molar refractivity (Wildman–Crippen MR) is 38.8 cm³/mol. The molecule has 1 aliphatic heterocycles. The lowest BCUT2D eigenvalue weighted by Gasteiger charge is -2.16. The molecule has 0 atom stereocenters. The molecule has 0 saturated carbocycles. The first-order valence-electron chi connectivity index (χ1n) is 3.49. The van der Waals surface area contributed by atoms with Crippen LogP contribution in [0.2, 0.25) is 0 Å². The maximum atomic E-state index is 3.17. The monoisotopic (exact) mass is 126 g/mol. The van der Waals surface area contributed by atoms with Crippen LogP contribution in [0.15, 0.2) is 11.9 Å². The van der Waals surface area contributed by atoms with Gasteiger partial charge in [0.15, 0.2) is 0 Å². The van der Waals surface area contributed by atoms with Crippen molar-refractivity contribution in [3.63, 3.8) is 0 Å². The SMILES string of the molecule is CCCN1CNC=C1C. The van der Waals surface area contributed by atoms with Gasteiger partial charge in [0.2, 0.25) is 0 Å². The molecule has 0 aliphatic carbocycles. The number of nitrogens with zero attached hydrogens (tertiary/aromatic N) is 1.